The van der Waals surface area contributed by atoms with E-state index in [0.717, 1.165) is 24.1 Å². The Bertz CT molecular complexity index is 630. The monoisotopic (exact) mass is 284 g/mol. The van der Waals surface area contributed by atoms with Crippen LogP contribution in [0.3, 0.4) is 0 Å². The summed E-state index contributed by atoms with van der Waals surface area (Å²) in [6, 6.07) is 15.7. The van der Waals surface area contributed by atoms with Crippen molar-refractivity contribution >= 4 is 11.7 Å². The second-order valence-corrected chi connectivity index (χ2v) is 5.20. The standard InChI is InChI=1S/C17H17FN2O/c18-14-7-4-6-13(12-14)16-10-5-11-20(16)17(21)19-15-8-2-1-3-9-15/h1-4,6-9,12,16H,5,10-11H2,(H,19,21)/t16-/m1/s1. The Balaban J connectivity index is 1.76. The van der Waals surface area contributed by atoms with E-state index in [9.17, 15) is 9.18 Å². The van der Waals surface area contributed by atoms with Crippen LogP contribution in [-0.4, -0.2) is 17.5 Å². The molecule has 2 aromatic rings. The van der Waals surface area contributed by atoms with Gasteiger partial charge >= 0.3 is 6.03 Å². The summed E-state index contributed by atoms with van der Waals surface area (Å²) in [5.74, 6) is -0.261. The Morgan fingerprint density at radius 3 is 2.71 bits per heavy atom. The lowest BCUT2D eigenvalue weighted by molar-refractivity contribution is 0.207. The van der Waals surface area contributed by atoms with Crippen molar-refractivity contribution in [2.75, 3.05) is 11.9 Å². The van der Waals surface area contributed by atoms with Gasteiger partial charge in [0.15, 0.2) is 0 Å². The van der Waals surface area contributed by atoms with Crippen molar-refractivity contribution in [2.45, 2.75) is 18.9 Å². The number of carbonyl (C=O) groups is 1. The molecule has 0 aliphatic carbocycles. The van der Waals surface area contributed by atoms with Crippen LogP contribution in [0.25, 0.3) is 0 Å². The summed E-state index contributed by atoms with van der Waals surface area (Å²) < 4.78 is 13.4. The van der Waals surface area contributed by atoms with Gasteiger partial charge in [0, 0.05) is 12.2 Å². The number of hydrogen-bond donors (Lipinski definition) is 1. The fourth-order valence-electron chi connectivity index (χ4n) is 2.79. The van der Waals surface area contributed by atoms with E-state index in [1.54, 1.807) is 11.0 Å². The van der Waals surface area contributed by atoms with E-state index in [1.807, 2.05) is 36.4 Å². The van der Waals surface area contributed by atoms with Gasteiger partial charge in [-0.2, -0.15) is 0 Å². The van der Waals surface area contributed by atoms with Gasteiger partial charge in [-0.15, -0.1) is 0 Å². The number of rotatable bonds is 2. The van der Waals surface area contributed by atoms with Crippen molar-refractivity contribution in [3.05, 3.63) is 66.0 Å². The van der Waals surface area contributed by atoms with Gasteiger partial charge in [-0.3, -0.25) is 0 Å². The molecule has 0 saturated carbocycles. The number of halogens is 1. The van der Waals surface area contributed by atoms with Gasteiger partial charge in [0.2, 0.25) is 0 Å². The summed E-state index contributed by atoms with van der Waals surface area (Å²) in [6.07, 6.45) is 1.80. The molecule has 0 aromatic heterocycles. The average Bonchev–Trinajstić information content (AvgIpc) is 2.98. The molecule has 1 heterocycles. The lowest BCUT2D eigenvalue weighted by atomic mass is 10.0. The topological polar surface area (TPSA) is 32.3 Å². The highest BCUT2D eigenvalue weighted by Crippen LogP contribution is 2.32. The molecule has 3 nitrogen and oxygen atoms in total. The van der Waals surface area contributed by atoms with E-state index in [-0.39, 0.29) is 17.9 Å². The maximum Gasteiger partial charge on any atom is 0.322 e. The van der Waals surface area contributed by atoms with Gasteiger partial charge < -0.3 is 10.2 Å². The van der Waals surface area contributed by atoms with E-state index in [2.05, 4.69) is 5.32 Å². The number of nitrogens with one attached hydrogen (secondary N) is 1. The quantitative estimate of drug-likeness (QED) is 0.881. The molecule has 1 N–H and O–H groups in total. The molecular weight excluding hydrogens is 267 g/mol. The predicted molar refractivity (Wildman–Crippen MR) is 80.5 cm³/mol. The molecule has 4 heteroatoms. The van der Waals surface area contributed by atoms with Crippen LogP contribution in [0, 0.1) is 5.82 Å². The number of likely N-dealkylation sites (tertiary alicyclic amines) is 1. The van der Waals surface area contributed by atoms with E-state index >= 15 is 0 Å². The average molecular weight is 284 g/mol. The summed E-state index contributed by atoms with van der Waals surface area (Å²) in [7, 11) is 0. The third-order valence-electron chi connectivity index (χ3n) is 3.77. The first-order valence-electron chi connectivity index (χ1n) is 7.12. The van der Waals surface area contributed by atoms with Gasteiger partial charge in [-0.05, 0) is 42.7 Å². The van der Waals surface area contributed by atoms with Gasteiger partial charge in [0.25, 0.3) is 0 Å². The number of para-hydroxylation sites is 1. The molecule has 3 rings (SSSR count). The lowest BCUT2D eigenvalue weighted by Crippen LogP contribution is -2.34. The van der Waals surface area contributed by atoms with Crippen molar-refractivity contribution in [1.82, 2.24) is 4.90 Å². The Morgan fingerprint density at radius 2 is 1.95 bits per heavy atom. The molecule has 21 heavy (non-hydrogen) atoms. The van der Waals surface area contributed by atoms with E-state index in [1.165, 1.54) is 12.1 Å². The fraction of sp³-hybridized carbons (Fsp3) is 0.235. The van der Waals surface area contributed by atoms with E-state index in [0.29, 0.717) is 6.54 Å². The molecule has 1 aliphatic rings. The van der Waals surface area contributed by atoms with Crippen molar-refractivity contribution in [3.63, 3.8) is 0 Å². The number of benzene rings is 2. The van der Waals surface area contributed by atoms with Crippen LogP contribution in [0.5, 0.6) is 0 Å². The molecule has 0 unspecified atom stereocenters. The molecule has 0 bridgehead atoms. The first kappa shape index (κ1) is 13.6. The third kappa shape index (κ3) is 3.05. The second-order valence-electron chi connectivity index (χ2n) is 5.20. The highest BCUT2D eigenvalue weighted by molar-refractivity contribution is 5.89. The first-order chi connectivity index (χ1) is 10.2. The lowest BCUT2D eigenvalue weighted by Gasteiger charge is -2.25. The van der Waals surface area contributed by atoms with Crippen LogP contribution >= 0.6 is 0 Å². The number of hydrogen-bond acceptors (Lipinski definition) is 1. The number of carbonyl (C=O) groups excluding carboxylic acids is 1. The number of amides is 2. The largest absolute Gasteiger partial charge is 0.322 e. The van der Waals surface area contributed by atoms with Crippen molar-refractivity contribution in [3.8, 4) is 0 Å². The molecule has 1 fully saturated rings. The summed E-state index contributed by atoms with van der Waals surface area (Å²) in [4.78, 5) is 14.2. The van der Waals surface area contributed by atoms with Crippen LogP contribution in [-0.2, 0) is 0 Å². The number of urea groups is 1. The smallest absolute Gasteiger partial charge is 0.317 e. The SMILES string of the molecule is O=C(Nc1ccccc1)N1CCC[C@@H]1c1cccc(F)c1. The maximum absolute atomic E-state index is 13.4. The van der Waals surface area contributed by atoms with Crippen LogP contribution in [0.1, 0.15) is 24.4 Å². The second kappa shape index (κ2) is 5.95. The number of nitrogens with zero attached hydrogens (tertiary/aromatic N) is 1. The fourth-order valence-corrected chi connectivity index (χ4v) is 2.79. The first-order valence-corrected chi connectivity index (χ1v) is 7.12. The molecule has 1 aliphatic heterocycles. The Labute approximate surface area is 123 Å². The van der Waals surface area contributed by atoms with Crippen LogP contribution in [0.4, 0.5) is 14.9 Å². The minimum absolute atomic E-state index is 0.0515. The summed E-state index contributed by atoms with van der Waals surface area (Å²) in [5, 5.41) is 2.89. The van der Waals surface area contributed by atoms with Crippen molar-refractivity contribution in [2.24, 2.45) is 0 Å². The number of anilines is 1. The van der Waals surface area contributed by atoms with E-state index in [4.69, 9.17) is 0 Å². The maximum atomic E-state index is 13.4. The predicted octanol–water partition coefficient (Wildman–Crippen LogP) is 4.19. The van der Waals surface area contributed by atoms with Gasteiger partial charge in [-0.1, -0.05) is 30.3 Å². The Hall–Kier alpha value is -2.36. The molecule has 1 saturated heterocycles. The minimum Gasteiger partial charge on any atom is -0.317 e. The summed E-state index contributed by atoms with van der Waals surface area (Å²) in [5.41, 5.74) is 1.63. The zero-order valence-corrected chi connectivity index (χ0v) is 11.6. The zero-order valence-electron chi connectivity index (χ0n) is 11.6. The molecular formula is C17H17FN2O. The Kier molecular flexibility index (Phi) is 3.86. The molecule has 0 spiro atoms. The van der Waals surface area contributed by atoms with Crippen LogP contribution in [0.15, 0.2) is 54.6 Å². The van der Waals surface area contributed by atoms with Crippen molar-refractivity contribution < 1.29 is 9.18 Å². The molecule has 0 radical (unpaired) electrons. The van der Waals surface area contributed by atoms with Crippen LogP contribution in [0.2, 0.25) is 0 Å². The van der Waals surface area contributed by atoms with Gasteiger partial charge in [0.05, 0.1) is 6.04 Å². The van der Waals surface area contributed by atoms with Crippen molar-refractivity contribution in [1.29, 1.82) is 0 Å². The highest BCUT2D eigenvalue weighted by Gasteiger charge is 2.30. The van der Waals surface area contributed by atoms with Crippen LogP contribution < -0.4 is 5.32 Å². The summed E-state index contributed by atoms with van der Waals surface area (Å²) >= 11 is 0. The zero-order chi connectivity index (χ0) is 14.7. The van der Waals surface area contributed by atoms with E-state index < -0.39 is 0 Å². The summed E-state index contributed by atoms with van der Waals surface area (Å²) in [6.45, 7) is 0.694. The normalized spacial score (nSPS) is 17.8. The highest BCUT2D eigenvalue weighted by atomic mass is 19.1. The van der Waals surface area contributed by atoms with Gasteiger partial charge in [-0.25, -0.2) is 9.18 Å². The third-order valence-corrected chi connectivity index (χ3v) is 3.77. The molecule has 2 amide bonds. The molecule has 2 aromatic carbocycles. The van der Waals surface area contributed by atoms with Gasteiger partial charge in [0.1, 0.15) is 5.82 Å². The Morgan fingerprint density at radius 1 is 1.14 bits per heavy atom. The molecule has 108 valence electrons. The molecule has 1 atom stereocenters. The minimum atomic E-state index is -0.261.